The van der Waals surface area contributed by atoms with Gasteiger partial charge in [0, 0.05) is 24.2 Å². The van der Waals surface area contributed by atoms with Crippen molar-refractivity contribution in [2.45, 2.75) is 25.7 Å². The molecule has 0 amide bonds. The van der Waals surface area contributed by atoms with Crippen LogP contribution in [0.3, 0.4) is 0 Å². The van der Waals surface area contributed by atoms with Gasteiger partial charge in [-0.1, -0.05) is 26.0 Å². The van der Waals surface area contributed by atoms with Crippen LogP contribution < -0.4 is 0 Å². The van der Waals surface area contributed by atoms with Crippen LogP contribution in [0, 0.1) is 6.92 Å². The summed E-state index contributed by atoms with van der Waals surface area (Å²) in [6, 6.07) is 9.21. The highest BCUT2D eigenvalue weighted by atomic mass is 32.2. The predicted molar refractivity (Wildman–Crippen MR) is 92.9 cm³/mol. The first-order chi connectivity index (χ1) is 10.5. The Morgan fingerprint density at radius 1 is 1.23 bits per heavy atom. The maximum Gasteiger partial charge on any atom is 0.245 e. The molecular formula is C16H20N2O2S2. The second-order valence-electron chi connectivity index (χ2n) is 4.83. The molecule has 4 nitrogen and oxygen atoms in total. The van der Waals surface area contributed by atoms with Gasteiger partial charge < -0.3 is 0 Å². The van der Waals surface area contributed by atoms with Crippen LogP contribution in [-0.2, 0) is 10.0 Å². The predicted octanol–water partition coefficient (Wildman–Crippen LogP) is 3.84. The Labute approximate surface area is 136 Å². The number of thiophene rings is 1. The topological polar surface area (TPSA) is 49.7 Å². The van der Waals surface area contributed by atoms with Gasteiger partial charge in [-0.3, -0.25) is 4.99 Å². The van der Waals surface area contributed by atoms with E-state index in [-0.39, 0.29) is 4.90 Å². The molecule has 1 heterocycles. The van der Waals surface area contributed by atoms with Gasteiger partial charge in [0.1, 0.15) is 4.90 Å². The maximum atomic E-state index is 12.8. The normalized spacial score (nSPS) is 12.4. The average Bonchev–Trinajstić information content (AvgIpc) is 3.00. The zero-order valence-electron chi connectivity index (χ0n) is 13.0. The van der Waals surface area contributed by atoms with E-state index in [4.69, 9.17) is 0 Å². The van der Waals surface area contributed by atoms with Gasteiger partial charge in [-0.25, -0.2) is 8.42 Å². The van der Waals surface area contributed by atoms with Crippen molar-refractivity contribution in [1.82, 2.24) is 4.31 Å². The molecule has 0 saturated carbocycles. The number of aryl methyl sites for hydroxylation is 1. The van der Waals surface area contributed by atoms with E-state index in [1.165, 1.54) is 4.31 Å². The molecule has 0 aliphatic heterocycles. The Morgan fingerprint density at radius 3 is 2.55 bits per heavy atom. The number of nitrogens with zero attached hydrogens (tertiary/aromatic N) is 2. The molecule has 2 aromatic rings. The van der Waals surface area contributed by atoms with Crippen molar-refractivity contribution < 1.29 is 8.42 Å². The largest absolute Gasteiger partial charge is 0.254 e. The van der Waals surface area contributed by atoms with Crippen molar-refractivity contribution in [3.8, 4) is 0 Å². The Hall–Kier alpha value is -1.50. The molecule has 1 aromatic heterocycles. The number of hydrogen-bond donors (Lipinski definition) is 0. The number of hydrogen-bond acceptors (Lipinski definition) is 4. The fourth-order valence-electron chi connectivity index (χ4n) is 2.14. The van der Waals surface area contributed by atoms with E-state index in [9.17, 15) is 8.42 Å². The van der Waals surface area contributed by atoms with Crippen LogP contribution in [0.15, 0.2) is 45.6 Å². The fraction of sp³-hybridized carbons (Fsp3) is 0.312. The van der Waals surface area contributed by atoms with Gasteiger partial charge in [0.2, 0.25) is 10.0 Å². The molecule has 1 aromatic carbocycles. The summed E-state index contributed by atoms with van der Waals surface area (Å²) in [5.74, 6) is 0. The highest BCUT2D eigenvalue weighted by Gasteiger charge is 2.24. The monoisotopic (exact) mass is 336 g/mol. The van der Waals surface area contributed by atoms with Crippen LogP contribution in [-0.4, -0.2) is 32.0 Å². The lowest BCUT2D eigenvalue weighted by Crippen LogP contribution is -2.30. The minimum Gasteiger partial charge on any atom is -0.254 e. The summed E-state index contributed by atoms with van der Waals surface area (Å²) < 4.78 is 27.0. The molecule has 2 rings (SSSR count). The summed E-state index contributed by atoms with van der Waals surface area (Å²) in [6.07, 6.45) is 1.70. The van der Waals surface area contributed by atoms with Crippen LogP contribution in [0.2, 0.25) is 0 Å². The number of benzene rings is 1. The molecule has 0 N–H and O–H groups in total. The minimum atomic E-state index is -3.52. The van der Waals surface area contributed by atoms with Crippen LogP contribution in [0.1, 0.15) is 24.3 Å². The van der Waals surface area contributed by atoms with E-state index in [1.807, 2.05) is 44.4 Å². The quantitative estimate of drug-likeness (QED) is 0.753. The van der Waals surface area contributed by atoms with Crippen molar-refractivity contribution >= 4 is 33.3 Å². The van der Waals surface area contributed by atoms with E-state index in [1.54, 1.807) is 29.7 Å². The van der Waals surface area contributed by atoms with Crippen LogP contribution in [0.4, 0.5) is 5.69 Å². The molecule has 0 aliphatic rings. The number of sulfonamides is 1. The lowest BCUT2D eigenvalue weighted by atomic mass is 10.2. The lowest BCUT2D eigenvalue weighted by Gasteiger charge is -2.19. The molecule has 0 radical (unpaired) electrons. The Balaban J connectivity index is 2.49. The molecule has 0 fully saturated rings. The molecule has 0 unspecified atom stereocenters. The average molecular weight is 336 g/mol. The lowest BCUT2D eigenvalue weighted by molar-refractivity contribution is 0.445. The van der Waals surface area contributed by atoms with Crippen molar-refractivity contribution in [1.29, 1.82) is 0 Å². The van der Waals surface area contributed by atoms with Crippen LogP contribution in [0.25, 0.3) is 0 Å². The van der Waals surface area contributed by atoms with E-state index < -0.39 is 10.0 Å². The van der Waals surface area contributed by atoms with Crippen LogP contribution in [0.5, 0.6) is 0 Å². The van der Waals surface area contributed by atoms with Gasteiger partial charge in [-0.05, 0) is 36.1 Å². The molecule has 0 bridgehead atoms. The third-order valence-electron chi connectivity index (χ3n) is 3.31. The third-order valence-corrected chi connectivity index (χ3v) is 6.20. The summed E-state index contributed by atoms with van der Waals surface area (Å²) in [5.41, 5.74) is 1.38. The van der Waals surface area contributed by atoms with Gasteiger partial charge in [-0.2, -0.15) is 4.31 Å². The second kappa shape index (κ2) is 7.17. The van der Waals surface area contributed by atoms with Crippen molar-refractivity contribution in [2.24, 2.45) is 4.99 Å². The van der Waals surface area contributed by atoms with Crippen LogP contribution >= 0.6 is 11.3 Å². The molecule has 0 spiro atoms. The van der Waals surface area contributed by atoms with Crippen molar-refractivity contribution in [2.75, 3.05) is 13.1 Å². The molecule has 0 atom stereocenters. The number of aliphatic imine (C=N–C) groups is 1. The minimum absolute atomic E-state index is 0.268. The zero-order chi connectivity index (χ0) is 16.2. The van der Waals surface area contributed by atoms with E-state index in [0.717, 1.165) is 10.4 Å². The smallest absolute Gasteiger partial charge is 0.245 e. The Kier molecular flexibility index (Phi) is 5.50. The van der Waals surface area contributed by atoms with E-state index >= 15 is 0 Å². The molecule has 0 aliphatic carbocycles. The molecule has 6 heteroatoms. The molecule has 118 valence electrons. The van der Waals surface area contributed by atoms with Gasteiger partial charge in [-0.15, -0.1) is 11.3 Å². The SMILES string of the molecule is CCN(CC)S(=O)(=O)c1cc(C)ccc1N=Cc1cccs1. The summed E-state index contributed by atoms with van der Waals surface area (Å²) in [5, 5.41) is 1.96. The summed E-state index contributed by atoms with van der Waals surface area (Å²) in [4.78, 5) is 5.65. The van der Waals surface area contributed by atoms with Crippen molar-refractivity contribution in [3.63, 3.8) is 0 Å². The number of rotatable bonds is 6. The third kappa shape index (κ3) is 3.63. The van der Waals surface area contributed by atoms with Gasteiger partial charge >= 0.3 is 0 Å². The van der Waals surface area contributed by atoms with E-state index in [2.05, 4.69) is 4.99 Å². The van der Waals surface area contributed by atoms with Gasteiger partial charge in [0.05, 0.1) is 5.69 Å². The highest BCUT2D eigenvalue weighted by molar-refractivity contribution is 7.89. The first-order valence-electron chi connectivity index (χ1n) is 7.17. The first-order valence-corrected chi connectivity index (χ1v) is 9.49. The molecule has 0 saturated heterocycles. The zero-order valence-corrected chi connectivity index (χ0v) is 14.6. The fourth-order valence-corrected chi connectivity index (χ4v) is 4.40. The molecule has 22 heavy (non-hydrogen) atoms. The second-order valence-corrected chi connectivity index (χ2v) is 7.72. The first kappa shape index (κ1) is 16.9. The Morgan fingerprint density at radius 2 is 1.95 bits per heavy atom. The summed E-state index contributed by atoms with van der Waals surface area (Å²) in [6.45, 7) is 6.45. The standard InChI is InChI=1S/C16H20N2O2S2/c1-4-18(5-2)22(19,20)16-11-13(3)8-9-15(16)17-12-14-7-6-10-21-14/h6-12H,4-5H2,1-3H3. The summed E-state index contributed by atoms with van der Waals surface area (Å²) >= 11 is 1.56. The molecular weight excluding hydrogens is 316 g/mol. The summed E-state index contributed by atoms with van der Waals surface area (Å²) in [7, 11) is -3.52. The van der Waals surface area contributed by atoms with Gasteiger partial charge in [0.25, 0.3) is 0 Å². The maximum absolute atomic E-state index is 12.8. The van der Waals surface area contributed by atoms with Crippen molar-refractivity contribution in [3.05, 3.63) is 46.2 Å². The van der Waals surface area contributed by atoms with E-state index in [0.29, 0.717) is 18.8 Å². The Bertz CT molecular complexity index is 746. The highest BCUT2D eigenvalue weighted by Crippen LogP contribution is 2.28. The van der Waals surface area contributed by atoms with Gasteiger partial charge in [0.15, 0.2) is 0 Å².